The van der Waals surface area contributed by atoms with Gasteiger partial charge in [-0.3, -0.25) is 4.79 Å². The number of rotatable bonds is 10. The summed E-state index contributed by atoms with van der Waals surface area (Å²) in [5.74, 6) is 0.324. The summed E-state index contributed by atoms with van der Waals surface area (Å²) in [5, 5.41) is 11.9. The van der Waals surface area contributed by atoms with Crippen LogP contribution in [0.5, 0.6) is 11.5 Å². The van der Waals surface area contributed by atoms with Crippen LogP contribution in [0.1, 0.15) is 26.3 Å². The summed E-state index contributed by atoms with van der Waals surface area (Å²) >= 11 is 0. The van der Waals surface area contributed by atoms with E-state index in [9.17, 15) is 9.59 Å². The summed E-state index contributed by atoms with van der Waals surface area (Å²) in [7, 11) is 1.38. The molecule has 162 valence electrons. The normalized spacial score (nSPS) is 12.1. The lowest BCUT2D eigenvalue weighted by atomic mass is 9.95. The lowest BCUT2D eigenvalue weighted by molar-refractivity contribution is -0.148. The maximum absolute atomic E-state index is 12.0. The van der Waals surface area contributed by atoms with Gasteiger partial charge in [0.1, 0.15) is 24.7 Å². The molecule has 2 rings (SSSR count). The van der Waals surface area contributed by atoms with Crippen molar-refractivity contribution in [2.24, 2.45) is 5.41 Å². The zero-order chi connectivity index (χ0) is 22.1. The molecular formula is C23H29NO6. The van der Waals surface area contributed by atoms with Gasteiger partial charge in [0.2, 0.25) is 5.91 Å². The summed E-state index contributed by atoms with van der Waals surface area (Å²) in [5.41, 5.74) is 1.12. The highest BCUT2D eigenvalue weighted by Gasteiger charge is 2.21. The van der Waals surface area contributed by atoms with E-state index in [0.717, 1.165) is 11.3 Å². The Balaban J connectivity index is 1.74. The van der Waals surface area contributed by atoms with Gasteiger partial charge in [0.25, 0.3) is 0 Å². The first kappa shape index (κ1) is 23.2. The Morgan fingerprint density at radius 1 is 0.933 bits per heavy atom. The average molecular weight is 415 g/mol. The Bertz CT molecular complexity index is 824. The summed E-state index contributed by atoms with van der Waals surface area (Å²) in [4.78, 5) is 23.0. The van der Waals surface area contributed by atoms with Crippen LogP contribution in [0, 0.1) is 5.41 Å². The summed E-state index contributed by atoms with van der Waals surface area (Å²) in [6.07, 6.45) is -0.570. The van der Waals surface area contributed by atoms with Crippen LogP contribution in [0.25, 0.3) is 0 Å². The molecular weight excluding hydrogens is 386 g/mol. The molecule has 1 atom stereocenters. The largest absolute Gasteiger partial charge is 0.490 e. The van der Waals surface area contributed by atoms with E-state index in [4.69, 9.17) is 19.3 Å². The third-order valence-electron chi connectivity index (χ3n) is 4.32. The van der Waals surface area contributed by atoms with Gasteiger partial charge in [-0.15, -0.1) is 0 Å². The van der Waals surface area contributed by atoms with Gasteiger partial charge in [0, 0.05) is 24.6 Å². The minimum absolute atomic E-state index is 0.0451. The van der Waals surface area contributed by atoms with Gasteiger partial charge < -0.3 is 24.6 Å². The Morgan fingerprint density at radius 2 is 1.43 bits per heavy atom. The molecule has 2 aromatic rings. The molecule has 0 aliphatic rings. The number of carbonyl (C=O) groups excluding carboxylic acids is 1. The molecule has 0 heterocycles. The van der Waals surface area contributed by atoms with E-state index in [0.29, 0.717) is 31.1 Å². The van der Waals surface area contributed by atoms with Crippen LogP contribution in [0.15, 0.2) is 48.5 Å². The number of aliphatic carboxylic acids is 1. The molecule has 0 saturated heterocycles. The first-order valence-corrected chi connectivity index (χ1v) is 9.70. The quantitative estimate of drug-likeness (QED) is 0.574. The second-order valence-electron chi connectivity index (χ2n) is 7.84. The molecule has 7 nitrogen and oxygen atoms in total. The van der Waals surface area contributed by atoms with Gasteiger partial charge >= 0.3 is 5.97 Å². The Labute approximate surface area is 177 Å². The number of hydrogen-bond donors (Lipinski definition) is 2. The van der Waals surface area contributed by atoms with Gasteiger partial charge in [-0.05, 0) is 42.0 Å². The maximum atomic E-state index is 12.0. The summed E-state index contributed by atoms with van der Waals surface area (Å²) < 4.78 is 16.2. The molecule has 1 amide bonds. The number of amides is 1. The standard InChI is InChI=1S/C23H29NO6/c1-23(2,3)22(27)24-17-7-11-19(12-8-17)30-14-13-29-18-9-5-16(6-10-18)15-20(28-4)21(25)26/h5-12,20H,13-15H2,1-4H3,(H,24,27)(H,25,26). The average Bonchev–Trinajstić information content (AvgIpc) is 2.70. The lowest BCUT2D eigenvalue weighted by Crippen LogP contribution is -2.27. The molecule has 7 heteroatoms. The molecule has 0 aliphatic carbocycles. The first-order chi connectivity index (χ1) is 14.2. The predicted molar refractivity (Wildman–Crippen MR) is 114 cm³/mol. The van der Waals surface area contributed by atoms with E-state index >= 15 is 0 Å². The SMILES string of the molecule is COC(Cc1ccc(OCCOc2ccc(NC(=O)C(C)(C)C)cc2)cc1)C(=O)O. The van der Waals surface area contributed by atoms with Gasteiger partial charge in [0.05, 0.1) is 0 Å². The van der Waals surface area contributed by atoms with Crippen LogP contribution in [0.4, 0.5) is 5.69 Å². The van der Waals surface area contributed by atoms with Gasteiger partial charge in [-0.1, -0.05) is 32.9 Å². The van der Waals surface area contributed by atoms with Crippen molar-refractivity contribution < 1.29 is 28.9 Å². The van der Waals surface area contributed by atoms with E-state index in [-0.39, 0.29) is 5.91 Å². The van der Waals surface area contributed by atoms with Crippen LogP contribution >= 0.6 is 0 Å². The van der Waals surface area contributed by atoms with Crippen molar-refractivity contribution in [3.8, 4) is 11.5 Å². The van der Waals surface area contributed by atoms with Crippen LogP contribution in [0.3, 0.4) is 0 Å². The van der Waals surface area contributed by atoms with Crippen LogP contribution in [-0.2, 0) is 20.7 Å². The highest BCUT2D eigenvalue weighted by Crippen LogP contribution is 2.20. The number of carbonyl (C=O) groups is 2. The maximum Gasteiger partial charge on any atom is 0.333 e. The van der Waals surface area contributed by atoms with Crippen molar-refractivity contribution in [3.63, 3.8) is 0 Å². The van der Waals surface area contributed by atoms with Crippen molar-refractivity contribution in [1.82, 2.24) is 0 Å². The molecule has 1 unspecified atom stereocenters. The third kappa shape index (κ3) is 7.40. The summed E-state index contributed by atoms with van der Waals surface area (Å²) in [6.45, 7) is 6.30. The number of anilines is 1. The number of benzene rings is 2. The number of methoxy groups -OCH3 is 1. The molecule has 0 fully saturated rings. The van der Waals surface area contributed by atoms with Gasteiger partial charge in [-0.2, -0.15) is 0 Å². The van der Waals surface area contributed by atoms with E-state index in [1.165, 1.54) is 7.11 Å². The Kier molecular flexibility index (Phi) is 8.24. The van der Waals surface area contributed by atoms with Crippen molar-refractivity contribution in [3.05, 3.63) is 54.1 Å². The van der Waals surface area contributed by atoms with Crippen LogP contribution in [0.2, 0.25) is 0 Å². The van der Waals surface area contributed by atoms with E-state index in [1.54, 1.807) is 36.4 Å². The molecule has 0 aliphatic heterocycles. The van der Waals surface area contributed by atoms with Crippen LogP contribution < -0.4 is 14.8 Å². The topological polar surface area (TPSA) is 94.1 Å². The van der Waals surface area contributed by atoms with E-state index in [2.05, 4.69) is 5.32 Å². The Morgan fingerprint density at radius 3 is 1.87 bits per heavy atom. The smallest absolute Gasteiger partial charge is 0.333 e. The van der Waals surface area contributed by atoms with E-state index < -0.39 is 17.5 Å². The minimum Gasteiger partial charge on any atom is -0.490 e. The monoisotopic (exact) mass is 415 g/mol. The second-order valence-corrected chi connectivity index (χ2v) is 7.84. The number of ether oxygens (including phenoxy) is 3. The van der Waals surface area contributed by atoms with Crippen molar-refractivity contribution in [2.45, 2.75) is 33.3 Å². The number of hydrogen-bond acceptors (Lipinski definition) is 5. The van der Waals surface area contributed by atoms with Crippen molar-refractivity contribution >= 4 is 17.6 Å². The molecule has 0 aromatic heterocycles. The van der Waals surface area contributed by atoms with E-state index in [1.807, 2.05) is 32.9 Å². The second kappa shape index (κ2) is 10.6. The number of nitrogens with one attached hydrogen (secondary N) is 1. The molecule has 0 bridgehead atoms. The fourth-order valence-electron chi connectivity index (χ4n) is 2.48. The van der Waals surface area contributed by atoms with Crippen molar-refractivity contribution in [2.75, 3.05) is 25.6 Å². The molecule has 2 aromatic carbocycles. The third-order valence-corrected chi connectivity index (χ3v) is 4.32. The predicted octanol–water partition coefficient (Wildman–Crippen LogP) is 3.77. The molecule has 0 saturated carbocycles. The zero-order valence-corrected chi connectivity index (χ0v) is 17.8. The molecule has 2 N–H and O–H groups in total. The minimum atomic E-state index is -0.986. The van der Waals surface area contributed by atoms with Crippen LogP contribution in [-0.4, -0.2) is 43.4 Å². The fraction of sp³-hybridized carbons (Fsp3) is 0.391. The number of carboxylic acids is 1. The molecule has 0 spiro atoms. The van der Waals surface area contributed by atoms with Gasteiger partial charge in [-0.25, -0.2) is 4.79 Å². The fourth-order valence-corrected chi connectivity index (χ4v) is 2.48. The Hall–Kier alpha value is -3.06. The lowest BCUT2D eigenvalue weighted by Gasteiger charge is -2.17. The first-order valence-electron chi connectivity index (χ1n) is 9.70. The highest BCUT2D eigenvalue weighted by atomic mass is 16.5. The van der Waals surface area contributed by atoms with Crippen molar-refractivity contribution in [1.29, 1.82) is 0 Å². The molecule has 0 radical (unpaired) electrons. The van der Waals surface area contributed by atoms with Gasteiger partial charge in [0.15, 0.2) is 6.10 Å². The summed E-state index contributed by atoms with van der Waals surface area (Å²) in [6, 6.07) is 14.4. The highest BCUT2D eigenvalue weighted by molar-refractivity contribution is 5.94. The molecule has 30 heavy (non-hydrogen) atoms. The number of carboxylic acid groups (broad SMARTS) is 1. The zero-order valence-electron chi connectivity index (χ0n) is 17.8.